The van der Waals surface area contributed by atoms with Crippen LogP contribution in [0.15, 0.2) is 23.8 Å². The van der Waals surface area contributed by atoms with E-state index in [1.807, 2.05) is 6.07 Å². The first-order valence-electron chi connectivity index (χ1n) is 5.53. The van der Waals surface area contributed by atoms with Crippen LogP contribution in [0.4, 0.5) is 4.39 Å². The summed E-state index contributed by atoms with van der Waals surface area (Å²) >= 11 is 0. The second-order valence-corrected chi connectivity index (χ2v) is 3.95. The van der Waals surface area contributed by atoms with Crippen LogP contribution in [0, 0.1) is 5.82 Å². The molecular weight excluding hydrogens is 205 g/mol. The number of hydrogen-bond acceptors (Lipinski definition) is 2. The average Bonchev–Trinajstić information content (AvgIpc) is 2.31. The van der Waals surface area contributed by atoms with Gasteiger partial charge in [-0.15, -0.1) is 0 Å². The van der Waals surface area contributed by atoms with Crippen molar-refractivity contribution in [1.29, 1.82) is 0 Å². The van der Waals surface area contributed by atoms with Crippen LogP contribution in [0.5, 0.6) is 5.75 Å². The van der Waals surface area contributed by atoms with Gasteiger partial charge < -0.3 is 10.1 Å². The van der Waals surface area contributed by atoms with Gasteiger partial charge in [0.2, 0.25) is 0 Å². The lowest BCUT2D eigenvalue weighted by Crippen LogP contribution is -2.22. The van der Waals surface area contributed by atoms with Crippen LogP contribution in [0.3, 0.4) is 0 Å². The summed E-state index contributed by atoms with van der Waals surface area (Å²) in [4.78, 5) is 0. The number of ether oxygens (including phenoxy) is 1. The average molecular weight is 221 g/mol. The van der Waals surface area contributed by atoms with E-state index in [4.69, 9.17) is 4.74 Å². The standard InChI is InChI=1S/C13H16FNO/c1-16-13-3-2-11(9-12(13)14)8-10-4-6-15-7-5-10/h2-3,8-9,15H,4-7H2,1H3. The van der Waals surface area contributed by atoms with Crippen LogP contribution in [0.1, 0.15) is 18.4 Å². The molecule has 1 aromatic carbocycles. The molecule has 0 unspecified atom stereocenters. The molecule has 0 atom stereocenters. The van der Waals surface area contributed by atoms with Gasteiger partial charge in [0, 0.05) is 0 Å². The summed E-state index contributed by atoms with van der Waals surface area (Å²) in [6, 6.07) is 5.08. The summed E-state index contributed by atoms with van der Waals surface area (Å²) in [5.41, 5.74) is 2.29. The lowest BCUT2D eigenvalue weighted by molar-refractivity contribution is 0.386. The van der Waals surface area contributed by atoms with Crippen molar-refractivity contribution in [2.75, 3.05) is 20.2 Å². The molecule has 16 heavy (non-hydrogen) atoms. The van der Waals surface area contributed by atoms with Gasteiger partial charge in [0.15, 0.2) is 11.6 Å². The molecule has 0 aliphatic carbocycles. The van der Waals surface area contributed by atoms with E-state index in [1.165, 1.54) is 18.7 Å². The minimum Gasteiger partial charge on any atom is -0.494 e. The zero-order chi connectivity index (χ0) is 11.4. The molecule has 3 heteroatoms. The summed E-state index contributed by atoms with van der Waals surface area (Å²) in [5, 5.41) is 3.30. The highest BCUT2D eigenvalue weighted by Crippen LogP contribution is 2.21. The van der Waals surface area contributed by atoms with Gasteiger partial charge >= 0.3 is 0 Å². The molecule has 0 aromatic heterocycles. The first kappa shape index (κ1) is 11.1. The second kappa shape index (κ2) is 5.12. The minimum absolute atomic E-state index is 0.299. The Morgan fingerprint density at radius 2 is 2.06 bits per heavy atom. The van der Waals surface area contributed by atoms with Crippen LogP contribution in [0.2, 0.25) is 0 Å². The number of benzene rings is 1. The molecule has 1 aliphatic heterocycles. The first-order chi connectivity index (χ1) is 7.79. The van der Waals surface area contributed by atoms with E-state index < -0.39 is 0 Å². The van der Waals surface area contributed by atoms with Gasteiger partial charge in [0.1, 0.15) is 0 Å². The van der Waals surface area contributed by atoms with Crippen LogP contribution >= 0.6 is 0 Å². The van der Waals surface area contributed by atoms with Crippen LogP contribution in [0.25, 0.3) is 6.08 Å². The molecule has 1 aliphatic rings. The molecule has 2 rings (SSSR count). The third-order valence-corrected chi connectivity index (χ3v) is 2.79. The third kappa shape index (κ3) is 2.61. The molecule has 0 saturated carbocycles. The topological polar surface area (TPSA) is 21.3 Å². The summed E-state index contributed by atoms with van der Waals surface area (Å²) in [5.74, 6) is -0.00162. The van der Waals surface area contributed by atoms with Crippen molar-refractivity contribution in [1.82, 2.24) is 5.32 Å². The summed E-state index contributed by atoms with van der Waals surface area (Å²) in [6.07, 6.45) is 4.17. The van der Waals surface area contributed by atoms with Crippen molar-refractivity contribution in [2.45, 2.75) is 12.8 Å². The molecule has 0 bridgehead atoms. The third-order valence-electron chi connectivity index (χ3n) is 2.79. The predicted molar refractivity (Wildman–Crippen MR) is 63.0 cm³/mol. The molecule has 2 nitrogen and oxygen atoms in total. The fourth-order valence-corrected chi connectivity index (χ4v) is 1.90. The fraction of sp³-hybridized carbons (Fsp3) is 0.385. The van der Waals surface area contributed by atoms with Crippen molar-refractivity contribution >= 4 is 6.08 Å². The van der Waals surface area contributed by atoms with E-state index in [0.29, 0.717) is 5.75 Å². The Kier molecular flexibility index (Phi) is 3.57. The van der Waals surface area contributed by atoms with Crippen LogP contribution in [-0.4, -0.2) is 20.2 Å². The monoisotopic (exact) mass is 221 g/mol. The molecule has 0 radical (unpaired) electrons. The Morgan fingerprint density at radius 1 is 1.31 bits per heavy atom. The van der Waals surface area contributed by atoms with Crippen LogP contribution in [-0.2, 0) is 0 Å². The summed E-state index contributed by atoms with van der Waals surface area (Å²) < 4.78 is 18.3. The quantitative estimate of drug-likeness (QED) is 0.828. The SMILES string of the molecule is COc1ccc(C=C2CCNCC2)cc1F. The smallest absolute Gasteiger partial charge is 0.165 e. The molecule has 1 saturated heterocycles. The maximum absolute atomic E-state index is 13.4. The molecule has 1 N–H and O–H groups in total. The van der Waals surface area contributed by atoms with Crippen molar-refractivity contribution in [3.63, 3.8) is 0 Å². The Balaban J connectivity index is 2.17. The molecule has 1 aromatic rings. The van der Waals surface area contributed by atoms with Gasteiger partial charge in [0.05, 0.1) is 7.11 Å². The number of methoxy groups -OCH3 is 1. The molecular formula is C13H16FNO. The van der Waals surface area contributed by atoms with Gasteiger partial charge in [-0.1, -0.05) is 17.7 Å². The molecule has 1 fully saturated rings. The van der Waals surface area contributed by atoms with E-state index in [9.17, 15) is 4.39 Å². The number of halogens is 1. The zero-order valence-corrected chi connectivity index (χ0v) is 9.42. The molecule has 0 spiro atoms. The minimum atomic E-state index is -0.300. The normalized spacial score (nSPS) is 16.0. The highest BCUT2D eigenvalue weighted by Gasteiger charge is 2.06. The predicted octanol–water partition coefficient (Wildman–Crippen LogP) is 2.60. The van der Waals surface area contributed by atoms with E-state index in [-0.39, 0.29) is 5.82 Å². The maximum Gasteiger partial charge on any atom is 0.165 e. The Labute approximate surface area is 95.1 Å². The fourth-order valence-electron chi connectivity index (χ4n) is 1.90. The first-order valence-corrected chi connectivity index (χ1v) is 5.53. The number of piperidine rings is 1. The molecule has 0 amide bonds. The van der Waals surface area contributed by atoms with Gasteiger partial charge in [-0.25, -0.2) is 4.39 Å². The summed E-state index contributed by atoms with van der Waals surface area (Å²) in [6.45, 7) is 2.04. The molecule has 86 valence electrons. The second-order valence-electron chi connectivity index (χ2n) is 3.95. The van der Waals surface area contributed by atoms with E-state index in [1.54, 1.807) is 6.07 Å². The lowest BCUT2D eigenvalue weighted by atomic mass is 10.0. The lowest BCUT2D eigenvalue weighted by Gasteiger charge is -2.15. The van der Waals surface area contributed by atoms with Crippen molar-refractivity contribution in [3.05, 3.63) is 35.2 Å². The number of rotatable bonds is 2. The highest BCUT2D eigenvalue weighted by molar-refractivity contribution is 5.54. The highest BCUT2D eigenvalue weighted by atomic mass is 19.1. The Bertz CT molecular complexity index is 393. The van der Waals surface area contributed by atoms with Gasteiger partial charge in [-0.2, -0.15) is 0 Å². The number of hydrogen-bond donors (Lipinski definition) is 1. The van der Waals surface area contributed by atoms with E-state index >= 15 is 0 Å². The summed E-state index contributed by atoms with van der Waals surface area (Å²) in [7, 11) is 1.48. The largest absolute Gasteiger partial charge is 0.494 e. The number of nitrogens with one attached hydrogen (secondary N) is 1. The molecule has 1 heterocycles. The van der Waals surface area contributed by atoms with Gasteiger partial charge in [-0.3, -0.25) is 0 Å². The van der Waals surface area contributed by atoms with E-state index in [0.717, 1.165) is 31.5 Å². The van der Waals surface area contributed by atoms with Crippen molar-refractivity contribution in [3.8, 4) is 5.75 Å². The van der Waals surface area contributed by atoms with Gasteiger partial charge in [-0.05, 0) is 43.6 Å². The Morgan fingerprint density at radius 3 is 2.69 bits per heavy atom. The van der Waals surface area contributed by atoms with Crippen LogP contribution < -0.4 is 10.1 Å². The van der Waals surface area contributed by atoms with Crippen molar-refractivity contribution < 1.29 is 9.13 Å². The van der Waals surface area contributed by atoms with E-state index in [2.05, 4.69) is 11.4 Å². The zero-order valence-electron chi connectivity index (χ0n) is 9.42. The van der Waals surface area contributed by atoms with Crippen molar-refractivity contribution in [2.24, 2.45) is 0 Å². The Hall–Kier alpha value is -1.35. The van der Waals surface area contributed by atoms with Gasteiger partial charge in [0.25, 0.3) is 0 Å². The maximum atomic E-state index is 13.4.